The van der Waals surface area contributed by atoms with E-state index in [9.17, 15) is 0 Å². The number of para-hydroxylation sites is 2. The van der Waals surface area contributed by atoms with Crippen molar-refractivity contribution in [2.75, 3.05) is 0 Å². The molecular formula is C59H49N5. The number of rotatable bonds is 12. The predicted molar refractivity (Wildman–Crippen MR) is 267 cm³/mol. The maximum atomic E-state index is 5.41. The van der Waals surface area contributed by atoms with E-state index in [-0.39, 0.29) is 0 Å². The number of aromatic nitrogens is 5. The van der Waals surface area contributed by atoms with E-state index in [1.165, 1.54) is 58.9 Å². The Balaban J connectivity index is 1.12. The van der Waals surface area contributed by atoms with E-state index >= 15 is 0 Å². The monoisotopic (exact) mass is 827 g/mol. The van der Waals surface area contributed by atoms with E-state index in [4.69, 9.17) is 15.0 Å². The van der Waals surface area contributed by atoms with Gasteiger partial charge in [0.05, 0.1) is 22.1 Å². The lowest BCUT2D eigenvalue weighted by atomic mass is 10.00. The maximum absolute atomic E-state index is 5.41. The summed E-state index contributed by atoms with van der Waals surface area (Å²) in [6, 6.07) is 67.9. The standard InChI is InChI=1S/C59H49N5/c1-3-5-16-40-28-32-42(33-29-40)45-20-14-22-47(38-45)58-60-57(44-18-8-7-9-19-44)61-59(62-58)64-52-26-12-10-24-49(52)50-36-37-54-55(56(50)64)51-25-11-13-27-53(51)63(54)48-23-15-21-46(39-48)43-34-30-41(31-35-43)17-6-4-2/h7-15,18-39H,3-6,16-17H2,1-2H3. The van der Waals surface area contributed by atoms with Crippen molar-refractivity contribution in [3.8, 4) is 56.7 Å². The van der Waals surface area contributed by atoms with Crippen LogP contribution in [0.4, 0.5) is 0 Å². The highest BCUT2D eigenvalue weighted by Gasteiger charge is 2.23. The normalized spacial score (nSPS) is 11.7. The summed E-state index contributed by atoms with van der Waals surface area (Å²) in [6.07, 6.45) is 7.01. The molecule has 5 nitrogen and oxygen atoms in total. The summed E-state index contributed by atoms with van der Waals surface area (Å²) in [5.74, 6) is 1.83. The number of fused-ring (bicyclic) bond motifs is 7. The average molecular weight is 828 g/mol. The Kier molecular flexibility index (Phi) is 10.4. The molecule has 310 valence electrons. The highest BCUT2D eigenvalue weighted by atomic mass is 15.2. The number of hydrogen-bond acceptors (Lipinski definition) is 3. The van der Waals surface area contributed by atoms with Crippen LogP contribution in [0.5, 0.6) is 0 Å². The molecule has 0 fully saturated rings. The molecule has 11 aromatic rings. The van der Waals surface area contributed by atoms with E-state index in [1.54, 1.807) is 0 Å². The minimum Gasteiger partial charge on any atom is -0.309 e. The van der Waals surface area contributed by atoms with E-state index in [2.05, 4.69) is 193 Å². The summed E-state index contributed by atoms with van der Waals surface area (Å²) >= 11 is 0. The fourth-order valence-electron chi connectivity index (χ4n) is 9.46. The molecule has 0 aliphatic rings. The van der Waals surface area contributed by atoms with Crippen molar-refractivity contribution in [3.05, 3.63) is 199 Å². The summed E-state index contributed by atoms with van der Waals surface area (Å²) in [5, 5.41) is 4.62. The lowest BCUT2D eigenvalue weighted by Gasteiger charge is -2.13. The maximum Gasteiger partial charge on any atom is 0.238 e. The molecule has 0 radical (unpaired) electrons. The second-order valence-electron chi connectivity index (χ2n) is 16.9. The van der Waals surface area contributed by atoms with Crippen molar-refractivity contribution in [3.63, 3.8) is 0 Å². The van der Waals surface area contributed by atoms with Gasteiger partial charge in [-0.1, -0.05) is 178 Å². The van der Waals surface area contributed by atoms with Gasteiger partial charge < -0.3 is 4.57 Å². The van der Waals surface area contributed by atoms with Crippen molar-refractivity contribution in [2.45, 2.75) is 52.4 Å². The molecule has 0 unspecified atom stereocenters. The molecule has 64 heavy (non-hydrogen) atoms. The van der Waals surface area contributed by atoms with Crippen molar-refractivity contribution >= 4 is 43.6 Å². The molecule has 0 spiro atoms. The lowest BCUT2D eigenvalue weighted by Crippen LogP contribution is -2.06. The smallest absolute Gasteiger partial charge is 0.238 e. The first-order valence-electron chi connectivity index (χ1n) is 22.8. The van der Waals surface area contributed by atoms with E-state index in [0.29, 0.717) is 17.6 Å². The van der Waals surface area contributed by atoms with Crippen LogP contribution >= 0.6 is 0 Å². The van der Waals surface area contributed by atoms with E-state index in [1.807, 2.05) is 18.2 Å². The molecule has 0 aliphatic heterocycles. The van der Waals surface area contributed by atoms with Gasteiger partial charge in [-0.25, -0.2) is 4.98 Å². The van der Waals surface area contributed by atoms with Gasteiger partial charge in [-0.2, -0.15) is 9.97 Å². The molecule has 8 aromatic carbocycles. The van der Waals surface area contributed by atoms with Crippen LogP contribution in [-0.4, -0.2) is 24.1 Å². The third kappa shape index (κ3) is 7.13. The highest BCUT2D eigenvalue weighted by molar-refractivity contribution is 6.26. The van der Waals surface area contributed by atoms with Crippen LogP contribution in [0.3, 0.4) is 0 Å². The van der Waals surface area contributed by atoms with Gasteiger partial charge in [0.25, 0.3) is 0 Å². The molecule has 0 amide bonds. The molecule has 11 rings (SSSR count). The Bertz CT molecular complexity index is 3450. The van der Waals surface area contributed by atoms with E-state index < -0.39 is 0 Å². The third-order valence-electron chi connectivity index (χ3n) is 12.8. The van der Waals surface area contributed by atoms with Crippen molar-refractivity contribution < 1.29 is 0 Å². The Morgan fingerprint density at radius 1 is 0.375 bits per heavy atom. The number of nitrogens with zero attached hydrogens (tertiary/aromatic N) is 5. The molecule has 0 aliphatic carbocycles. The fraction of sp³-hybridized carbons (Fsp3) is 0.136. The first kappa shape index (κ1) is 39.2. The summed E-state index contributed by atoms with van der Waals surface area (Å²) < 4.78 is 4.69. The number of unbranched alkanes of at least 4 members (excludes halogenated alkanes) is 2. The molecule has 0 saturated carbocycles. The Morgan fingerprint density at radius 3 is 1.59 bits per heavy atom. The minimum atomic E-state index is 0.578. The second kappa shape index (κ2) is 16.9. The Morgan fingerprint density at radius 2 is 0.922 bits per heavy atom. The van der Waals surface area contributed by atoms with Crippen LogP contribution in [-0.2, 0) is 12.8 Å². The molecule has 3 aromatic heterocycles. The zero-order chi connectivity index (χ0) is 43.0. The zero-order valence-corrected chi connectivity index (χ0v) is 36.4. The topological polar surface area (TPSA) is 48.5 Å². The molecule has 3 heterocycles. The Labute approximate surface area is 374 Å². The van der Waals surface area contributed by atoms with Crippen molar-refractivity contribution in [1.29, 1.82) is 0 Å². The van der Waals surface area contributed by atoms with Crippen LogP contribution in [0.25, 0.3) is 100 Å². The van der Waals surface area contributed by atoms with Gasteiger partial charge >= 0.3 is 0 Å². The number of hydrogen-bond donors (Lipinski definition) is 0. The number of aryl methyl sites for hydroxylation is 2. The van der Waals surface area contributed by atoms with Crippen LogP contribution in [0.1, 0.15) is 50.7 Å². The van der Waals surface area contributed by atoms with Crippen LogP contribution in [0.15, 0.2) is 188 Å². The van der Waals surface area contributed by atoms with Crippen LogP contribution < -0.4 is 0 Å². The molecule has 0 bridgehead atoms. The summed E-state index contributed by atoms with van der Waals surface area (Å²) in [7, 11) is 0. The fourth-order valence-corrected chi connectivity index (χ4v) is 9.46. The van der Waals surface area contributed by atoms with Gasteiger partial charge in [-0.05, 0) is 95.5 Å². The largest absolute Gasteiger partial charge is 0.309 e. The molecule has 5 heteroatoms. The van der Waals surface area contributed by atoms with Crippen LogP contribution in [0.2, 0.25) is 0 Å². The minimum absolute atomic E-state index is 0.578. The summed E-state index contributed by atoms with van der Waals surface area (Å²) in [5.41, 5.74) is 14.8. The first-order valence-corrected chi connectivity index (χ1v) is 22.8. The zero-order valence-electron chi connectivity index (χ0n) is 36.4. The number of benzene rings is 8. The average Bonchev–Trinajstić information content (AvgIpc) is 3.89. The predicted octanol–water partition coefficient (Wildman–Crippen LogP) is 15.4. The van der Waals surface area contributed by atoms with Gasteiger partial charge in [0.2, 0.25) is 5.95 Å². The lowest BCUT2D eigenvalue weighted by molar-refractivity contribution is 0.795. The van der Waals surface area contributed by atoms with Crippen molar-refractivity contribution in [2.24, 2.45) is 0 Å². The molecular weight excluding hydrogens is 779 g/mol. The Hall–Kier alpha value is -7.63. The van der Waals surface area contributed by atoms with Gasteiger partial charge in [-0.3, -0.25) is 4.57 Å². The van der Waals surface area contributed by atoms with Crippen LogP contribution in [0, 0.1) is 0 Å². The van der Waals surface area contributed by atoms with E-state index in [0.717, 1.165) is 73.4 Å². The quantitative estimate of drug-likeness (QED) is 0.123. The van der Waals surface area contributed by atoms with Gasteiger partial charge in [0.15, 0.2) is 11.6 Å². The third-order valence-corrected chi connectivity index (χ3v) is 12.8. The SMILES string of the molecule is CCCCc1ccc(-c2cccc(-c3nc(-c4ccccc4)nc(-n4c5ccccc5c5ccc6c(c7ccccc7n6-c6cccc(-c7ccc(CCCC)cc7)c6)c54)n3)c2)cc1. The molecule has 0 saturated heterocycles. The van der Waals surface area contributed by atoms with Crippen molar-refractivity contribution in [1.82, 2.24) is 24.1 Å². The molecule has 0 N–H and O–H groups in total. The first-order chi connectivity index (χ1) is 31.6. The van der Waals surface area contributed by atoms with Gasteiger partial charge in [-0.15, -0.1) is 0 Å². The van der Waals surface area contributed by atoms with Gasteiger partial charge in [0.1, 0.15) is 0 Å². The molecule has 0 atom stereocenters. The highest BCUT2D eigenvalue weighted by Crippen LogP contribution is 2.42. The van der Waals surface area contributed by atoms with Gasteiger partial charge in [0, 0.05) is 38.4 Å². The second-order valence-corrected chi connectivity index (χ2v) is 16.9. The summed E-state index contributed by atoms with van der Waals surface area (Å²) in [4.78, 5) is 15.9. The summed E-state index contributed by atoms with van der Waals surface area (Å²) in [6.45, 7) is 4.49.